The van der Waals surface area contributed by atoms with E-state index >= 15 is 0 Å². The molecule has 0 aromatic heterocycles. The molecule has 5 rings (SSSR count). The maximum absolute atomic E-state index is 11.0. The first-order valence-electron chi connectivity index (χ1n) is 12.3. The summed E-state index contributed by atoms with van der Waals surface area (Å²) in [5.74, 6) is 1.43. The Hall–Kier alpha value is -0.720. The van der Waals surface area contributed by atoms with E-state index in [1.54, 1.807) is 0 Å². The van der Waals surface area contributed by atoms with Gasteiger partial charge < -0.3 is 24.8 Å². The van der Waals surface area contributed by atoms with Crippen molar-refractivity contribution in [1.82, 2.24) is 0 Å². The number of epoxide rings is 1. The highest BCUT2D eigenvalue weighted by molar-refractivity contribution is 5.40. The molecule has 0 spiro atoms. The summed E-state index contributed by atoms with van der Waals surface area (Å²) in [4.78, 5) is 0. The summed E-state index contributed by atoms with van der Waals surface area (Å²) in [6.45, 7) is 9.45. The van der Waals surface area contributed by atoms with Crippen LogP contribution < -0.4 is 0 Å². The number of allylic oxidation sites excluding steroid dienone is 3. The van der Waals surface area contributed by atoms with Crippen LogP contribution in [0.15, 0.2) is 23.3 Å². The molecule has 5 aliphatic rings. The van der Waals surface area contributed by atoms with E-state index in [2.05, 4.69) is 32.9 Å². The molecular weight excluding hydrogens is 392 g/mol. The van der Waals surface area contributed by atoms with Crippen LogP contribution in [0.1, 0.15) is 66.2 Å². The zero-order valence-corrected chi connectivity index (χ0v) is 19.5. The Morgan fingerprint density at radius 1 is 1.13 bits per heavy atom. The van der Waals surface area contributed by atoms with Crippen molar-refractivity contribution in [2.24, 2.45) is 28.6 Å². The lowest BCUT2D eigenvalue weighted by Crippen LogP contribution is -2.52. The largest absolute Gasteiger partial charge is 0.393 e. The van der Waals surface area contributed by atoms with E-state index < -0.39 is 17.8 Å². The highest BCUT2D eigenvalue weighted by Gasteiger charge is 2.59. The third kappa shape index (κ3) is 3.22. The molecule has 0 unspecified atom stereocenters. The molecule has 1 aliphatic heterocycles. The van der Waals surface area contributed by atoms with Crippen LogP contribution in [0.25, 0.3) is 0 Å². The molecule has 0 amide bonds. The summed E-state index contributed by atoms with van der Waals surface area (Å²) in [7, 11) is 0. The van der Waals surface area contributed by atoms with E-state index in [0.717, 1.165) is 12.8 Å². The van der Waals surface area contributed by atoms with Gasteiger partial charge in [-0.2, -0.15) is 0 Å². The fraction of sp³-hybridized carbons (Fsp3) is 0.846. The average Bonchev–Trinajstić information content (AvgIpc) is 3.25. The van der Waals surface area contributed by atoms with Crippen LogP contribution in [0, 0.1) is 28.6 Å². The quantitative estimate of drug-likeness (QED) is 0.580. The van der Waals surface area contributed by atoms with E-state index in [0.29, 0.717) is 37.2 Å². The lowest BCUT2D eigenvalue weighted by molar-refractivity contribution is -0.0653. The van der Waals surface area contributed by atoms with Crippen LogP contribution in [0.3, 0.4) is 0 Å². The highest BCUT2D eigenvalue weighted by Crippen LogP contribution is 2.65. The second-order valence-corrected chi connectivity index (χ2v) is 11.7. The van der Waals surface area contributed by atoms with E-state index in [-0.39, 0.29) is 29.6 Å². The number of hydrogen-bond acceptors (Lipinski definition) is 5. The summed E-state index contributed by atoms with van der Waals surface area (Å²) < 4.78 is 11.9. The first-order chi connectivity index (χ1) is 14.6. The van der Waals surface area contributed by atoms with Crippen molar-refractivity contribution in [3.05, 3.63) is 23.3 Å². The monoisotopic (exact) mass is 432 g/mol. The Morgan fingerprint density at radius 3 is 2.61 bits per heavy atom. The van der Waals surface area contributed by atoms with E-state index in [9.17, 15) is 15.3 Å². The molecule has 4 aliphatic carbocycles. The van der Waals surface area contributed by atoms with Crippen molar-refractivity contribution in [1.29, 1.82) is 0 Å². The molecule has 0 aromatic carbocycles. The highest BCUT2D eigenvalue weighted by atomic mass is 16.6. The molecular formula is C26H40O5. The average molecular weight is 433 g/mol. The Kier molecular flexibility index (Phi) is 5.27. The van der Waals surface area contributed by atoms with Crippen molar-refractivity contribution >= 4 is 0 Å². The van der Waals surface area contributed by atoms with E-state index in [4.69, 9.17) is 9.47 Å². The lowest BCUT2D eigenvalue weighted by atomic mass is 9.49. The van der Waals surface area contributed by atoms with Crippen molar-refractivity contribution in [3.8, 4) is 0 Å². The van der Waals surface area contributed by atoms with Crippen LogP contribution in [0.4, 0.5) is 0 Å². The number of aliphatic hydroxyl groups is 3. The molecule has 1 saturated heterocycles. The summed E-state index contributed by atoms with van der Waals surface area (Å²) >= 11 is 0. The Morgan fingerprint density at radius 2 is 1.90 bits per heavy atom. The summed E-state index contributed by atoms with van der Waals surface area (Å²) in [5.41, 5.74) is 2.33. The van der Waals surface area contributed by atoms with Gasteiger partial charge in [0, 0.05) is 11.8 Å². The smallest absolute Gasteiger partial charge is 0.117 e. The van der Waals surface area contributed by atoms with Gasteiger partial charge in [-0.25, -0.2) is 0 Å². The number of hydrogen-bond donors (Lipinski definition) is 3. The van der Waals surface area contributed by atoms with Crippen LogP contribution in [-0.2, 0) is 9.47 Å². The van der Waals surface area contributed by atoms with Crippen molar-refractivity contribution in [2.75, 3.05) is 13.2 Å². The first kappa shape index (κ1) is 22.1. The predicted octanol–water partition coefficient (Wildman–Crippen LogP) is 3.37. The van der Waals surface area contributed by atoms with Gasteiger partial charge in [0.2, 0.25) is 0 Å². The number of ether oxygens (including phenoxy) is 2. The summed E-state index contributed by atoms with van der Waals surface area (Å²) in [5, 5.41) is 30.7. The minimum atomic E-state index is -0.473. The van der Waals surface area contributed by atoms with Gasteiger partial charge in [-0.05, 0) is 69.1 Å². The number of fused-ring (bicyclic) bond motifs is 5. The fourth-order valence-corrected chi connectivity index (χ4v) is 7.86. The normalized spacial score (nSPS) is 51.8. The van der Waals surface area contributed by atoms with Crippen molar-refractivity contribution < 1.29 is 24.8 Å². The summed E-state index contributed by atoms with van der Waals surface area (Å²) in [6.07, 6.45) is 9.63. The van der Waals surface area contributed by atoms with Gasteiger partial charge in [0.1, 0.15) is 11.7 Å². The van der Waals surface area contributed by atoms with Crippen LogP contribution in [0.2, 0.25) is 0 Å². The Bertz CT molecular complexity index is 791. The van der Waals surface area contributed by atoms with Gasteiger partial charge in [-0.3, -0.25) is 0 Å². The van der Waals surface area contributed by atoms with Gasteiger partial charge >= 0.3 is 0 Å². The van der Waals surface area contributed by atoms with Gasteiger partial charge in [0.25, 0.3) is 0 Å². The van der Waals surface area contributed by atoms with Crippen LogP contribution in [0.5, 0.6) is 0 Å². The number of aliphatic hydroxyl groups excluding tert-OH is 3. The van der Waals surface area contributed by atoms with Gasteiger partial charge in [-0.1, -0.05) is 37.1 Å². The first-order valence-corrected chi connectivity index (χ1v) is 12.3. The zero-order chi connectivity index (χ0) is 22.2. The maximum atomic E-state index is 11.0. The standard InChI is InChI=1S/C26H40O5/c1-15(30-13-23-25(3,14-27)31-23)19-7-8-20-18-6-5-16-11-17(28)12-22(29)26(16,4)21(18)9-10-24(19,20)2/h5-6,15,17,19-23,27-29H,7-14H2,1-4H3/t15-,17+,19+,20-,21-,22-,23+,24+,25-,26-/m0/s1. The van der Waals surface area contributed by atoms with Crippen LogP contribution in [-0.4, -0.2) is 58.6 Å². The van der Waals surface area contributed by atoms with Gasteiger partial charge in [-0.15, -0.1) is 0 Å². The van der Waals surface area contributed by atoms with E-state index in [1.165, 1.54) is 24.0 Å². The maximum Gasteiger partial charge on any atom is 0.117 e. The molecule has 1 heterocycles. The van der Waals surface area contributed by atoms with Crippen molar-refractivity contribution in [2.45, 2.75) is 96.2 Å². The molecule has 4 fully saturated rings. The van der Waals surface area contributed by atoms with Crippen LogP contribution >= 0.6 is 0 Å². The second kappa shape index (κ2) is 7.39. The molecule has 31 heavy (non-hydrogen) atoms. The minimum Gasteiger partial charge on any atom is -0.393 e. The minimum absolute atomic E-state index is 0.00777. The second-order valence-electron chi connectivity index (χ2n) is 11.7. The molecule has 5 nitrogen and oxygen atoms in total. The molecule has 0 radical (unpaired) electrons. The predicted molar refractivity (Wildman–Crippen MR) is 118 cm³/mol. The van der Waals surface area contributed by atoms with Gasteiger partial charge in [0.05, 0.1) is 31.5 Å². The van der Waals surface area contributed by atoms with Crippen molar-refractivity contribution in [3.63, 3.8) is 0 Å². The Labute approximate surface area is 186 Å². The molecule has 3 N–H and O–H groups in total. The Balaban J connectivity index is 1.33. The summed E-state index contributed by atoms with van der Waals surface area (Å²) in [6, 6.07) is 0. The molecule has 0 aromatic rings. The van der Waals surface area contributed by atoms with E-state index in [1.807, 2.05) is 6.92 Å². The molecule has 5 heteroatoms. The topological polar surface area (TPSA) is 82.5 Å². The fourth-order valence-electron chi connectivity index (χ4n) is 7.86. The SMILES string of the molecule is C[C@H](OC[C@H]1O[C@@]1(C)CO)[C@H]1CC[C@H]2C3=CC=C4C[C@@H](O)C[C@H](O)[C@]4(C)[C@H]3CC[C@]12C. The lowest BCUT2D eigenvalue weighted by Gasteiger charge is -2.56. The van der Waals surface area contributed by atoms with Gasteiger partial charge in [0.15, 0.2) is 0 Å². The number of rotatable bonds is 5. The zero-order valence-electron chi connectivity index (χ0n) is 19.5. The molecule has 174 valence electrons. The molecule has 10 atom stereocenters. The molecule has 3 saturated carbocycles. The molecule has 0 bridgehead atoms. The third-order valence-electron chi connectivity index (χ3n) is 10.1. The third-order valence-corrected chi connectivity index (χ3v) is 10.1.